The number of aromatic carboxylic acids is 1. The molecule has 1 aromatic heterocycles. The van der Waals surface area contributed by atoms with Crippen molar-refractivity contribution in [3.63, 3.8) is 0 Å². The van der Waals surface area contributed by atoms with Crippen LogP contribution >= 0.6 is 11.6 Å². The normalized spacial score (nSPS) is 15.2. The number of halogens is 1. The highest BCUT2D eigenvalue weighted by Gasteiger charge is 2.31. The Hall–Kier alpha value is -3.52. The molecule has 9 heteroatoms. The van der Waals surface area contributed by atoms with Gasteiger partial charge >= 0.3 is 5.97 Å². The number of anilines is 1. The van der Waals surface area contributed by atoms with Crippen molar-refractivity contribution in [3.8, 4) is 17.2 Å². The molecule has 0 radical (unpaired) electrons. The van der Waals surface area contributed by atoms with Crippen LogP contribution in [0.1, 0.15) is 51.6 Å². The predicted molar refractivity (Wildman–Crippen MR) is 133 cm³/mol. The van der Waals surface area contributed by atoms with Gasteiger partial charge in [0, 0.05) is 23.3 Å². The van der Waals surface area contributed by atoms with Crippen molar-refractivity contribution in [2.45, 2.75) is 39.3 Å². The summed E-state index contributed by atoms with van der Waals surface area (Å²) in [6.45, 7) is 4.51. The zero-order valence-corrected chi connectivity index (χ0v) is 20.9. The molecule has 1 aliphatic heterocycles. The van der Waals surface area contributed by atoms with Gasteiger partial charge in [0.1, 0.15) is 29.4 Å². The summed E-state index contributed by atoms with van der Waals surface area (Å²) in [6.07, 6.45) is 3.16. The van der Waals surface area contributed by atoms with E-state index < -0.39 is 5.97 Å². The van der Waals surface area contributed by atoms with Gasteiger partial charge in [-0.15, -0.1) is 0 Å². The number of rotatable bonds is 8. The van der Waals surface area contributed by atoms with Crippen LogP contribution in [0.25, 0.3) is 0 Å². The lowest BCUT2D eigenvalue weighted by molar-refractivity contribution is 0.0692. The third-order valence-corrected chi connectivity index (χ3v) is 6.77. The minimum Gasteiger partial charge on any atom is -0.497 e. The Labute approximate surface area is 209 Å². The monoisotopic (exact) mass is 497 g/mol. The van der Waals surface area contributed by atoms with Crippen LogP contribution in [0.5, 0.6) is 17.2 Å². The number of aryl methyl sites for hydroxylation is 2. The molecule has 1 fully saturated rings. The van der Waals surface area contributed by atoms with Crippen LogP contribution in [0, 0.1) is 13.8 Å². The highest BCUT2D eigenvalue weighted by molar-refractivity contribution is 6.32. The van der Waals surface area contributed by atoms with Crippen molar-refractivity contribution >= 4 is 23.5 Å². The number of methoxy groups -OCH3 is 2. The SMILES string of the molecule is COc1ccc(OC)c([C@H]2CCCN2c2ncc(C(=O)O)c(COc3cc(C)c(Cl)c(C)c3)n2)c1. The molecule has 0 aliphatic carbocycles. The zero-order valence-electron chi connectivity index (χ0n) is 20.2. The summed E-state index contributed by atoms with van der Waals surface area (Å²) in [7, 11) is 3.26. The molecule has 2 aromatic carbocycles. The van der Waals surface area contributed by atoms with Crippen LogP contribution in [0.15, 0.2) is 36.5 Å². The Bertz CT molecular complexity index is 1230. The first-order valence-electron chi connectivity index (χ1n) is 11.3. The minimum absolute atomic E-state index is 0.00543. The van der Waals surface area contributed by atoms with Gasteiger partial charge in [0.25, 0.3) is 0 Å². The molecule has 0 saturated carbocycles. The summed E-state index contributed by atoms with van der Waals surface area (Å²) in [5.74, 6) is 1.43. The van der Waals surface area contributed by atoms with Crippen molar-refractivity contribution in [2.24, 2.45) is 0 Å². The lowest BCUT2D eigenvalue weighted by Gasteiger charge is -2.27. The van der Waals surface area contributed by atoms with Crippen LogP contribution in [0.4, 0.5) is 5.95 Å². The van der Waals surface area contributed by atoms with E-state index >= 15 is 0 Å². The van der Waals surface area contributed by atoms with Crippen molar-refractivity contribution in [1.82, 2.24) is 9.97 Å². The zero-order chi connectivity index (χ0) is 25.1. The van der Waals surface area contributed by atoms with E-state index in [9.17, 15) is 9.90 Å². The number of carboxylic acids is 1. The number of carboxylic acid groups (broad SMARTS) is 1. The number of ether oxygens (including phenoxy) is 3. The first-order valence-corrected chi connectivity index (χ1v) is 11.7. The summed E-state index contributed by atoms with van der Waals surface area (Å²) in [6, 6.07) is 9.31. The third kappa shape index (κ3) is 5.12. The molecule has 4 rings (SSSR count). The van der Waals surface area contributed by atoms with E-state index in [1.807, 2.05) is 44.2 Å². The number of benzene rings is 2. The molecule has 0 spiro atoms. The van der Waals surface area contributed by atoms with Gasteiger partial charge in [-0.2, -0.15) is 0 Å². The number of carbonyl (C=O) groups is 1. The maximum Gasteiger partial charge on any atom is 0.339 e. The third-order valence-electron chi connectivity index (χ3n) is 6.18. The molecule has 1 N–H and O–H groups in total. The molecule has 0 unspecified atom stereocenters. The maximum atomic E-state index is 11.9. The van der Waals surface area contributed by atoms with Crippen molar-refractivity contribution in [2.75, 3.05) is 25.7 Å². The topological polar surface area (TPSA) is 94.0 Å². The fraction of sp³-hybridized carbons (Fsp3) is 0.346. The Kier molecular flexibility index (Phi) is 7.31. The summed E-state index contributed by atoms with van der Waals surface area (Å²) in [5.41, 5.74) is 3.05. The van der Waals surface area contributed by atoms with E-state index in [1.165, 1.54) is 6.20 Å². The average molecular weight is 498 g/mol. The van der Waals surface area contributed by atoms with Crippen molar-refractivity contribution in [3.05, 3.63) is 69.5 Å². The number of nitrogens with zero attached hydrogens (tertiary/aromatic N) is 3. The Morgan fingerprint density at radius 2 is 1.89 bits per heavy atom. The van der Waals surface area contributed by atoms with Crippen LogP contribution in [-0.2, 0) is 6.61 Å². The molecule has 3 aromatic rings. The standard InChI is InChI=1S/C26H28ClN3O5/c1-15-10-18(11-16(2)24(15)27)35-14-21-20(25(31)32)13-28-26(29-21)30-9-5-6-22(30)19-12-17(33-3)7-8-23(19)34-4/h7-8,10-13,22H,5-6,9,14H2,1-4H3,(H,31,32)/t22-/m1/s1. The first kappa shape index (κ1) is 24.6. The molecular weight excluding hydrogens is 470 g/mol. The molecule has 0 bridgehead atoms. The summed E-state index contributed by atoms with van der Waals surface area (Å²) in [5, 5.41) is 10.4. The summed E-state index contributed by atoms with van der Waals surface area (Å²) >= 11 is 6.26. The van der Waals surface area contributed by atoms with Gasteiger partial charge in [-0.25, -0.2) is 14.8 Å². The van der Waals surface area contributed by atoms with Crippen molar-refractivity contribution in [1.29, 1.82) is 0 Å². The largest absolute Gasteiger partial charge is 0.497 e. The fourth-order valence-corrected chi connectivity index (χ4v) is 4.51. The molecule has 1 atom stereocenters. The number of aromatic nitrogens is 2. The molecule has 1 aliphatic rings. The quantitative estimate of drug-likeness (QED) is 0.443. The Morgan fingerprint density at radius 1 is 1.14 bits per heavy atom. The van der Waals surface area contributed by atoms with Crippen LogP contribution in [0.2, 0.25) is 5.02 Å². The first-order chi connectivity index (χ1) is 16.8. The molecule has 35 heavy (non-hydrogen) atoms. The second-order valence-electron chi connectivity index (χ2n) is 8.45. The summed E-state index contributed by atoms with van der Waals surface area (Å²) < 4.78 is 16.9. The second kappa shape index (κ2) is 10.4. The van der Waals surface area contributed by atoms with E-state index in [-0.39, 0.29) is 18.2 Å². The highest BCUT2D eigenvalue weighted by Crippen LogP contribution is 2.40. The fourth-order valence-electron chi connectivity index (χ4n) is 4.40. The van der Waals surface area contributed by atoms with Crippen LogP contribution < -0.4 is 19.1 Å². The second-order valence-corrected chi connectivity index (χ2v) is 8.83. The Balaban J connectivity index is 1.65. The van der Waals surface area contributed by atoms with Gasteiger partial charge in [0.15, 0.2) is 0 Å². The number of hydrogen-bond donors (Lipinski definition) is 1. The van der Waals surface area contributed by atoms with Gasteiger partial charge in [-0.1, -0.05) is 11.6 Å². The van der Waals surface area contributed by atoms with Crippen LogP contribution in [-0.4, -0.2) is 41.8 Å². The van der Waals surface area contributed by atoms with Gasteiger partial charge in [-0.3, -0.25) is 0 Å². The van der Waals surface area contributed by atoms with Gasteiger partial charge < -0.3 is 24.2 Å². The predicted octanol–water partition coefficient (Wildman–Crippen LogP) is 5.38. The molecule has 0 amide bonds. The Morgan fingerprint density at radius 3 is 2.54 bits per heavy atom. The van der Waals surface area contributed by atoms with Gasteiger partial charge in [0.05, 0.1) is 26.0 Å². The van der Waals surface area contributed by atoms with Gasteiger partial charge in [-0.05, 0) is 68.1 Å². The molecular formula is C26H28ClN3O5. The molecule has 8 nitrogen and oxygen atoms in total. The van der Waals surface area contributed by atoms with Gasteiger partial charge in [0.2, 0.25) is 5.95 Å². The number of hydrogen-bond acceptors (Lipinski definition) is 7. The van der Waals surface area contributed by atoms with E-state index in [0.29, 0.717) is 22.4 Å². The van der Waals surface area contributed by atoms with E-state index in [2.05, 4.69) is 14.9 Å². The van der Waals surface area contributed by atoms with Crippen molar-refractivity contribution < 1.29 is 24.1 Å². The molecule has 1 saturated heterocycles. The minimum atomic E-state index is -1.11. The lowest BCUT2D eigenvalue weighted by atomic mass is 10.0. The molecule has 2 heterocycles. The summed E-state index contributed by atoms with van der Waals surface area (Å²) in [4.78, 5) is 23.0. The van der Waals surface area contributed by atoms with E-state index in [4.69, 9.17) is 25.8 Å². The van der Waals surface area contributed by atoms with E-state index in [0.717, 1.165) is 47.6 Å². The smallest absolute Gasteiger partial charge is 0.339 e. The van der Waals surface area contributed by atoms with Crippen LogP contribution in [0.3, 0.4) is 0 Å². The molecule has 184 valence electrons. The average Bonchev–Trinajstić information content (AvgIpc) is 3.35. The van der Waals surface area contributed by atoms with E-state index in [1.54, 1.807) is 14.2 Å². The highest BCUT2D eigenvalue weighted by atomic mass is 35.5. The maximum absolute atomic E-state index is 11.9. The lowest BCUT2D eigenvalue weighted by Crippen LogP contribution is -2.26.